The van der Waals surface area contributed by atoms with Crippen LogP contribution in [0.15, 0.2) is 30.5 Å². The van der Waals surface area contributed by atoms with Crippen molar-refractivity contribution in [1.82, 2.24) is 15.2 Å². The van der Waals surface area contributed by atoms with Crippen LogP contribution in [0, 0.1) is 0 Å². The standard InChI is InChI=1S/C17H23N5/c1-2-14-7-9-15(10-8-14)19-16-13-18-21-17(20-16)22-11-5-3-4-6-12-22/h7-10,13H,2-6,11-12H2,1H3,(H,19,20,21). The highest BCUT2D eigenvalue weighted by atomic mass is 15.3. The summed E-state index contributed by atoms with van der Waals surface area (Å²) in [5.41, 5.74) is 2.36. The van der Waals surface area contributed by atoms with Gasteiger partial charge in [0.25, 0.3) is 0 Å². The van der Waals surface area contributed by atoms with Crippen molar-refractivity contribution in [1.29, 1.82) is 0 Å². The number of nitrogens with one attached hydrogen (secondary N) is 1. The van der Waals surface area contributed by atoms with E-state index in [1.54, 1.807) is 6.20 Å². The van der Waals surface area contributed by atoms with Gasteiger partial charge in [0.05, 0.1) is 6.20 Å². The summed E-state index contributed by atoms with van der Waals surface area (Å²) in [6.45, 7) is 4.21. The van der Waals surface area contributed by atoms with E-state index >= 15 is 0 Å². The van der Waals surface area contributed by atoms with Crippen molar-refractivity contribution in [3.05, 3.63) is 36.0 Å². The Kier molecular flexibility index (Phi) is 4.83. The molecule has 0 radical (unpaired) electrons. The third-order valence-electron chi connectivity index (χ3n) is 4.07. The average Bonchev–Trinajstić information content (AvgIpc) is 2.85. The lowest BCUT2D eigenvalue weighted by Gasteiger charge is -2.19. The zero-order chi connectivity index (χ0) is 15.2. The molecule has 2 aromatic rings. The van der Waals surface area contributed by atoms with Crippen molar-refractivity contribution in [2.24, 2.45) is 0 Å². The second-order valence-corrected chi connectivity index (χ2v) is 5.72. The molecular formula is C17H23N5. The summed E-state index contributed by atoms with van der Waals surface area (Å²) in [7, 11) is 0. The number of hydrogen-bond acceptors (Lipinski definition) is 5. The zero-order valence-corrected chi connectivity index (χ0v) is 13.1. The van der Waals surface area contributed by atoms with Gasteiger partial charge in [0.1, 0.15) is 0 Å². The molecule has 1 fully saturated rings. The first kappa shape index (κ1) is 14.8. The molecule has 3 rings (SSSR count). The lowest BCUT2D eigenvalue weighted by atomic mass is 10.1. The summed E-state index contributed by atoms with van der Waals surface area (Å²) in [5, 5.41) is 11.6. The molecule has 0 amide bonds. The Morgan fingerprint density at radius 3 is 2.45 bits per heavy atom. The fraction of sp³-hybridized carbons (Fsp3) is 0.471. The van der Waals surface area contributed by atoms with E-state index in [0.717, 1.165) is 37.0 Å². The molecule has 0 saturated carbocycles. The number of hydrogen-bond donors (Lipinski definition) is 1. The maximum atomic E-state index is 4.62. The molecule has 22 heavy (non-hydrogen) atoms. The summed E-state index contributed by atoms with van der Waals surface area (Å²) in [6.07, 6.45) is 7.74. The number of aromatic nitrogens is 3. The first-order chi connectivity index (χ1) is 10.8. The van der Waals surface area contributed by atoms with Gasteiger partial charge in [0.2, 0.25) is 5.95 Å². The van der Waals surface area contributed by atoms with Crippen molar-refractivity contribution in [2.45, 2.75) is 39.0 Å². The van der Waals surface area contributed by atoms with Crippen LogP contribution in [-0.2, 0) is 6.42 Å². The van der Waals surface area contributed by atoms with Crippen LogP contribution in [0.3, 0.4) is 0 Å². The predicted molar refractivity (Wildman–Crippen MR) is 89.6 cm³/mol. The molecule has 0 spiro atoms. The summed E-state index contributed by atoms with van der Waals surface area (Å²) in [4.78, 5) is 6.86. The van der Waals surface area contributed by atoms with Crippen LogP contribution in [0.5, 0.6) is 0 Å². The van der Waals surface area contributed by atoms with E-state index in [2.05, 4.69) is 56.6 Å². The van der Waals surface area contributed by atoms with Gasteiger partial charge in [-0.15, -0.1) is 5.10 Å². The molecule has 1 aliphatic heterocycles. The van der Waals surface area contributed by atoms with Crippen molar-refractivity contribution in [3.63, 3.8) is 0 Å². The van der Waals surface area contributed by atoms with Gasteiger partial charge in [-0.1, -0.05) is 31.9 Å². The van der Waals surface area contributed by atoms with Crippen LogP contribution in [0.25, 0.3) is 0 Å². The normalized spacial score (nSPS) is 15.4. The first-order valence-electron chi connectivity index (χ1n) is 8.16. The van der Waals surface area contributed by atoms with Crippen LogP contribution < -0.4 is 10.2 Å². The SMILES string of the molecule is CCc1ccc(Nc2cnnc(N3CCCCCC3)n2)cc1. The molecule has 1 aliphatic rings. The molecule has 0 unspecified atom stereocenters. The maximum Gasteiger partial charge on any atom is 0.247 e. The van der Waals surface area contributed by atoms with Crippen molar-refractivity contribution in [2.75, 3.05) is 23.3 Å². The monoisotopic (exact) mass is 297 g/mol. The molecule has 5 nitrogen and oxygen atoms in total. The molecule has 1 aromatic heterocycles. The number of anilines is 3. The Hall–Kier alpha value is -2.17. The van der Waals surface area contributed by atoms with Crippen molar-refractivity contribution in [3.8, 4) is 0 Å². The number of rotatable bonds is 4. The third kappa shape index (κ3) is 3.72. The number of nitrogens with zero attached hydrogens (tertiary/aromatic N) is 4. The van der Waals surface area contributed by atoms with Gasteiger partial charge in [-0.3, -0.25) is 0 Å². The number of aryl methyl sites for hydroxylation is 1. The van der Waals surface area contributed by atoms with Gasteiger partial charge in [-0.25, -0.2) is 0 Å². The molecule has 1 aromatic carbocycles. The van der Waals surface area contributed by atoms with E-state index in [0.29, 0.717) is 0 Å². The van der Waals surface area contributed by atoms with E-state index in [1.807, 2.05) is 0 Å². The van der Waals surface area contributed by atoms with Gasteiger partial charge in [0.15, 0.2) is 5.82 Å². The molecule has 1 saturated heterocycles. The van der Waals surface area contributed by atoms with Gasteiger partial charge >= 0.3 is 0 Å². The van der Waals surface area contributed by atoms with Crippen LogP contribution in [0.2, 0.25) is 0 Å². The van der Waals surface area contributed by atoms with E-state index in [9.17, 15) is 0 Å². The average molecular weight is 297 g/mol. The second-order valence-electron chi connectivity index (χ2n) is 5.72. The third-order valence-corrected chi connectivity index (χ3v) is 4.07. The minimum atomic E-state index is 0.733. The van der Waals surface area contributed by atoms with Crippen LogP contribution >= 0.6 is 0 Å². The van der Waals surface area contributed by atoms with Crippen molar-refractivity contribution < 1.29 is 0 Å². The first-order valence-corrected chi connectivity index (χ1v) is 8.16. The highest BCUT2D eigenvalue weighted by Gasteiger charge is 2.13. The fourth-order valence-electron chi connectivity index (χ4n) is 2.73. The molecule has 1 N–H and O–H groups in total. The minimum Gasteiger partial charge on any atom is -0.339 e. The highest BCUT2D eigenvalue weighted by molar-refractivity contribution is 5.56. The van der Waals surface area contributed by atoms with Gasteiger partial charge in [-0.2, -0.15) is 10.1 Å². The van der Waals surface area contributed by atoms with Crippen LogP contribution in [-0.4, -0.2) is 28.3 Å². The summed E-state index contributed by atoms with van der Waals surface area (Å²) in [6, 6.07) is 8.42. The highest BCUT2D eigenvalue weighted by Crippen LogP contribution is 2.19. The Labute approximate surface area is 131 Å². The van der Waals surface area contributed by atoms with E-state index < -0.39 is 0 Å². The number of benzene rings is 1. The largest absolute Gasteiger partial charge is 0.339 e. The van der Waals surface area contributed by atoms with Gasteiger partial charge in [-0.05, 0) is 37.0 Å². The fourth-order valence-corrected chi connectivity index (χ4v) is 2.73. The van der Waals surface area contributed by atoms with E-state index in [4.69, 9.17) is 0 Å². The summed E-state index contributed by atoms with van der Waals surface area (Å²) >= 11 is 0. The summed E-state index contributed by atoms with van der Waals surface area (Å²) < 4.78 is 0. The predicted octanol–water partition coefficient (Wildman–Crippen LogP) is 3.56. The Morgan fingerprint density at radius 2 is 1.77 bits per heavy atom. The van der Waals surface area contributed by atoms with E-state index in [1.165, 1.54) is 31.2 Å². The van der Waals surface area contributed by atoms with Crippen LogP contribution in [0.1, 0.15) is 38.2 Å². The molecule has 5 heteroatoms. The Balaban J connectivity index is 1.72. The molecule has 0 aliphatic carbocycles. The molecular weight excluding hydrogens is 274 g/mol. The second kappa shape index (κ2) is 7.20. The quantitative estimate of drug-likeness (QED) is 0.935. The van der Waals surface area contributed by atoms with Crippen molar-refractivity contribution >= 4 is 17.5 Å². The molecule has 0 atom stereocenters. The molecule has 0 bridgehead atoms. The van der Waals surface area contributed by atoms with Crippen LogP contribution in [0.4, 0.5) is 17.5 Å². The lowest BCUT2D eigenvalue weighted by Crippen LogP contribution is -2.26. The smallest absolute Gasteiger partial charge is 0.247 e. The topological polar surface area (TPSA) is 53.9 Å². The Bertz CT molecular complexity index is 588. The molecule has 2 heterocycles. The zero-order valence-electron chi connectivity index (χ0n) is 13.1. The van der Waals surface area contributed by atoms with E-state index in [-0.39, 0.29) is 0 Å². The minimum absolute atomic E-state index is 0.733. The van der Waals surface area contributed by atoms with Gasteiger partial charge in [0, 0.05) is 18.8 Å². The molecule has 116 valence electrons. The summed E-state index contributed by atoms with van der Waals surface area (Å²) in [5.74, 6) is 1.48. The van der Waals surface area contributed by atoms with Gasteiger partial charge < -0.3 is 10.2 Å². The maximum absolute atomic E-state index is 4.62. The Morgan fingerprint density at radius 1 is 1.05 bits per heavy atom. The lowest BCUT2D eigenvalue weighted by molar-refractivity contribution is 0.726.